The largest absolute Gasteiger partial charge is 0.452 e. The van der Waals surface area contributed by atoms with E-state index in [1.807, 2.05) is 6.07 Å². The van der Waals surface area contributed by atoms with Crippen molar-refractivity contribution in [3.8, 4) is 11.5 Å². The van der Waals surface area contributed by atoms with Crippen molar-refractivity contribution in [2.45, 2.75) is 20.8 Å². The number of hydrogen-bond donors (Lipinski definition) is 0. The molecule has 2 aromatic heterocycles. The highest BCUT2D eigenvalue weighted by atomic mass is 16.4. The fourth-order valence-electron chi connectivity index (χ4n) is 9.10. The standard InChI is InChI=1S/C59H44N2O2/c1-38-16-14-24-49(30-38)60(47-20-10-6-11-21-47)51-28-26-43-34-53-41(4)58(62-55(53)36-45(43)32-51)59-57(40(3)42-18-8-5-9-19-42)54-35-44-27-29-52(33-46(44)37-56(54)63-59)61(48-22-12-7-13-23-48)50-25-15-17-39(2)31-50/h5-37H,3H2,1-2,4H3. The van der Waals surface area contributed by atoms with E-state index in [4.69, 9.17) is 15.4 Å². The number of benzene rings is 9. The molecule has 0 aliphatic heterocycles. The molecule has 63 heavy (non-hydrogen) atoms. The Bertz CT molecular complexity index is 3510. The Kier molecular flexibility index (Phi) is 9.28. The smallest absolute Gasteiger partial charge is 0.178 e. The number of fused-ring (bicyclic) bond motifs is 4. The minimum absolute atomic E-state index is 0.674. The molecule has 0 saturated heterocycles. The lowest BCUT2D eigenvalue weighted by Crippen LogP contribution is -2.09. The van der Waals surface area contributed by atoms with Gasteiger partial charge in [-0.3, -0.25) is 0 Å². The number of furan rings is 2. The highest BCUT2D eigenvalue weighted by molar-refractivity contribution is 6.08. The van der Waals surface area contributed by atoms with Crippen LogP contribution in [0.2, 0.25) is 0 Å². The van der Waals surface area contributed by atoms with Crippen LogP contribution >= 0.6 is 0 Å². The Labute approximate surface area is 367 Å². The summed E-state index contributed by atoms with van der Waals surface area (Å²) in [6, 6.07) is 70.8. The first-order chi connectivity index (χ1) is 30.9. The Balaban J connectivity index is 1.06. The summed E-state index contributed by atoms with van der Waals surface area (Å²) < 4.78 is 13.9. The molecule has 0 aliphatic carbocycles. The van der Waals surface area contributed by atoms with Gasteiger partial charge in [-0.25, -0.2) is 0 Å². The molecule has 0 bridgehead atoms. The second-order valence-electron chi connectivity index (χ2n) is 16.5. The van der Waals surface area contributed by atoms with E-state index in [-0.39, 0.29) is 0 Å². The summed E-state index contributed by atoms with van der Waals surface area (Å²) in [4.78, 5) is 4.61. The quantitative estimate of drug-likeness (QED) is 0.145. The summed E-state index contributed by atoms with van der Waals surface area (Å²) in [6.45, 7) is 11.1. The van der Waals surface area contributed by atoms with Gasteiger partial charge in [-0.2, -0.15) is 0 Å². The van der Waals surface area contributed by atoms with Gasteiger partial charge in [-0.15, -0.1) is 0 Å². The summed E-state index contributed by atoms with van der Waals surface area (Å²) in [5, 5.41) is 6.44. The van der Waals surface area contributed by atoms with Gasteiger partial charge in [0.15, 0.2) is 11.5 Å². The number of anilines is 6. The van der Waals surface area contributed by atoms with Crippen LogP contribution in [0.4, 0.5) is 34.1 Å². The normalized spacial score (nSPS) is 11.5. The van der Waals surface area contributed by atoms with E-state index in [2.05, 4.69) is 225 Å². The predicted molar refractivity (Wildman–Crippen MR) is 265 cm³/mol. The molecule has 2 heterocycles. The van der Waals surface area contributed by atoms with Gasteiger partial charge < -0.3 is 18.6 Å². The second kappa shape index (κ2) is 15.4. The van der Waals surface area contributed by atoms with Crippen molar-refractivity contribution in [3.63, 3.8) is 0 Å². The molecular weight excluding hydrogens is 769 g/mol. The third-order valence-corrected chi connectivity index (χ3v) is 12.2. The number of aryl methyl sites for hydroxylation is 3. The first kappa shape index (κ1) is 37.9. The molecule has 0 radical (unpaired) electrons. The molecule has 9 aromatic carbocycles. The fraction of sp³-hybridized carbons (Fsp3) is 0.0508. The molecule has 4 heteroatoms. The van der Waals surface area contributed by atoms with Gasteiger partial charge in [0.05, 0.1) is 0 Å². The van der Waals surface area contributed by atoms with Crippen LogP contribution in [0.1, 0.15) is 27.8 Å². The first-order valence-electron chi connectivity index (χ1n) is 21.4. The average Bonchev–Trinajstić information content (AvgIpc) is 3.84. The zero-order chi connectivity index (χ0) is 42.6. The third-order valence-electron chi connectivity index (χ3n) is 12.2. The monoisotopic (exact) mass is 812 g/mol. The van der Waals surface area contributed by atoms with E-state index < -0.39 is 0 Å². The zero-order valence-electron chi connectivity index (χ0n) is 35.5. The molecule has 0 aliphatic rings. The maximum absolute atomic E-state index is 7.01. The molecule has 0 atom stereocenters. The Morgan fingerprint density at radius 1 is 0.381 bits per heavy atom. The van der Waals surface area contributed by atoms with Gasteiger partial charge in [0, 0.05) is 56.0 Å². The van der Waals surface area contributed by atoms with Crippen LogP contribution in [0.3, 0.4) is 0 Å². The molecular formula is C59H44N2O2. The lowest BCUT2D eigenvalue weighted by molar-refractivity contribution is 0.567. The summed E-state index contributed by atoms with van der Waals surface area (Å²) in [5.41, 5.74) is 14.4. The van der Waals surface area contributed by atoms with Crippen LogP contribution in [0.5, 0.6) is 0 Å². The van der Waals surface area contributed by atoms with E-state index >= 15 is 0 Å². The molecule has 4 nitrogen and oxygen atoms in total. The molecule has 0 fully saturated rings. The van der Waals surface area contributed by atoms with Crippen LogP contribution in [-0.2, 0) is 0 Å². The van der Waals surface area contributed by atoms with E-state index in [9.17, 15) is 0 Å². The van der Waals surface area contributed by atoms with Gasteiger partial charge in [-0.05, 0) is 162 Å². The van der Waals surface area contributed by atoms with Crippen LogP contribution in [0.25, 0.3) is 60.6 Å². The van der Waals surface area contributed by atoms with Crippen LogP contribution in [0, 0.1) is 20.8 Å². The maximum Gasteiger partial charge on any atom is 0.178 e. The first-order valence-corrected chi connectivity index (χ1v) is 21.4. The van der Waals surface area contributed by atoms with E-state index in [0.29, 0.717) is 11.5 Å². The Morgan fingerprint density at radius 2 is 0.825 bits per heavy atom. The molecule has 0 saturated carbocycles. The molecule has 0 N–H and O–H groups in total. The van der Waals surface area contributed by atoms with Crippen molar-refractivity contribution >= 4 is 83.2 Å². The Morgan fingerprint density at radius 3 is 1.35 bits per heavy atom. The van der Waals surface area contributed by atoms with E-state index in [0.717, 1.165) is 99.9 Å². The molecule has 0 spiro atoms. The van der Waals surface area contributed by atoms with Gasteiger partial charge in [0.2, 0.25) is 0 Å². The maximum atomic E-state index is 7.01. The number of para-hydroxylation sites is 2. The van der Waals surface area contributed by atoms with Crippen molar-refractivity contribution in [1.82, 2.24) is 0 Å². The predicted octanol–water partition coefficient (Wildman–Crippen LogP) is 17.1. The molecule has 11 rings (SSSR count). The summed E-state index contributed by atoms with van der Waals surface area (Å²) >= 11 is 0. The molecule has 302 valence electrons. The lowest BCUT2D eigenvalue weighted by atomic mass is 9.94. The van der Waals surface area contributed by atoms with Crippen LogP contribution < -0.4 is 9.80 Å². The van der Waals surface area contributed by atoms with Gasteiger partial charge >= 0.3 is 0 Å². The Hall–Kier alpha value is -8.08. The summed E-state index contributed by atoms with van der Waals surface area (Å²) in [6.07, 6.45) is 0. The number of rotatable bonds is 9. The second-order valence-corrected chi connectivity index (χ2v) is 16.5. The SMILES string of the molecule is C=C(c1ccccc1)c1c(-c2oc3cc4cc(N(c5ccccc5)c5cccc(C)c5)ccc4cc3c2C)oc2cc3cc(N(c4ccccc4)c4cccc(C)c4)ccc3cc12. The number of nitrogens with zero attached hydrogens (tertiary/aromatic N) is 2. The van der Waals surface area contributed by atoms with Crippen LogP contribution in [0.15, 0.2) is 216 Å². The topological polar surface area (TPSA) is 32.8 Å². The van der Waals surface area contributed by atoms with Crippen molar-refractivity contribution in [2.75, 3.05) is 9.80 Å². The fourth-order valence-corrected chi connectivity index (χ4v) is 9.10. The number of hydrogen-bond acceptors (Lipinski definition) is 4. The highest BCUT2D eigenvalue weighted by Crippen LogP contribution is 2.46. The minimum Gasteiger partial charge on any atom is -0.452 e. The van der Waals surface area contributed by atoms with Crippen molar-refractivity contribution in [2.24, 2.45) is 0 Å². The van der Waals surface area contributed by atoms with E-state index in [1.165, 1.54) is 11.1 Å². The highest BCUT2D eigenvalue weighted by Gasteiger charge is 2.26. The van der Waals surface area contributed by atoms with E-state index in [1.54, 1.807) is 0 Å². The summed E-state index contributed by atoms with van der Waals surface area (Å²) in [7, 11) is 0. The van der Waals surface area contributed by atoms with Crippen LogP contribution in [-0.4, -0.2) is 0 Å². The average molecular weight is 813 g/mol. The molecule has 0 unspecified atom stereocenters. The van der Waals surface area contributed by atoms with Gasteiger partial charge in [-0.1, -0.05) is 110 Å². The zero-order valence-corrected chi connectivity index (χ0v) is 35.5. The van der Waals surface area contributed by atoms with Crippen molar-refractivity contribution in [1.29, 1.82) is 0 Å². The lowest BCUT2D eigenvalue weighted by Gasteiger charge is -2.26. The van der Waals surface area contributed by atoms with Gasteiger partial charge in [0.1, 0.15) is 11.2 Å². The minimum atomic E-state index is 0.674. The third kappa shape index (κ3) is 6.83. The van der Waals surface area contributed by atoms with Gasteiger partial charge in [0.25, 0.3) is 0 Å². The van der Waals surface area contributed by atoms with Crippen molar-refractivity contribution in [3.05, 3.63) is 235 Å². The molecule has 0 amide bonds. The molecule has 11 aromatic rings. The summed E-state index contributed by atoms with van der Waals surface area (Å²) in [5.74, 6) is 1.38. The van der Waals surface area contributed by atoms with Crippen molar-refractivity contribution < 1.29 is 8.83 Å².